The first-order valence-corrected chi connectivity index (χ1v) is 6.94. The molecular weight excluding hydrogens is 258 g/mol. The van der Waals surface area contributed by atoms with Crippen LogP contribution >= 0.6 is 0 Å². The van der Waals surface area contributed by atoms with E-state index in [9.17, 15) is 4.79 Å². The molecule has 0 bridgehead atoms. The van der Waals surface area contributed by atoms with E-state index in [1.54, 1.807) is 0 Å². The second-order valence-corrected chi connectivity index (χ2v) is 5.07. The molecular formula is C19H13NO. The molecule has 0 radical (unpaired) electrons. The molecule has 0 amide bonds. The summed E-state index contributed by atoms with van der Waals surface area (Å²) in [5.41, 5.74) is 3.47. The summed E-state index contributed by atoms with van der Waals surface area (Å²) in [4.78, 5) is 16.2. The number of rotatable bonds is 2. The number of nitrogens with one attached hydrogen (secondary N) is 1. The van der Waals surface area contributed by atoms with E-state index in [1.807, 2.05) is 60.8 Å². The number of fused-ring (bicyclic) bond motifs is 3. The van der Waals surface area contributed by atoms with Crippen LogP contribution in [-0.2, 0) is 0 Å². The van der Waals surface area contributed by atoms with E-state index in [-0.39, 0.29) is 5.78 Å². The van der Waals surface area contributed by atoms with Crippen LogP contribution in [0, 0.1) is 0 Å². The van der Waals surface area contributed by atoms with Crippen LogP contribution in [-0.4, -0.2) is 10.8 Å². The van der Waals surface area contributed by atoms with Crippen LogP contribution in [0.1, 0.15) is 15.9 Å². The van der Waals surface area contributed by atoms with Gasteiger partial charge >= 0.3 is 0 Å². The molecule has 4 rings (SSSR count). The maximum absolute atomic E-state index is 12.9. The van der Waals surface area contributed by atoms with E-state index >= 15 is 0 Å². The molecule has 1 aliphatic heterocycles. The number of ketones is 1. The molecule has 0 fully saturated rings. The van der Waals surface area contributed by atoms with Crippen molar-refractivity contribution in [2.24, 2.45) is 0 Å². The lowest BCUT2D eigenvalue weighted by Gasteiger charge is -2.04. The van der Waals surface area contributed by atoms with Crippen LogP contribution in [0.15, 0.2) is 72.9 Å². The normalized spacial score (nSPS) is 11.0. The summed E-state index contributed by atoms with van der Waals surface area (Å²) in [6.07, 6.45) is 1.86. The Morgan fingerprint density at radius 3 is 2.29 bits per heavy atom. The smallest absolute Gasteiger partial charge is 0.195 e. The van der Waals surface area contributed by atoms with Crippen molar-refractivity contribution < 1.29 is 4.79 Å². The molecule has 2 aromatic rings. The molecule has 2 heteroatoms. The van der Waals surface area contributed by atoms with Gasteiger partial charge in [-0.05, 0) is 16.8 Å². The van der Waals surface area contributed by atoms with Gasteiger partial charge in [0.2, 0.25) is 0 Å². The standard InChI is InChI=1S/C19H13NO/c21-19(13-7-2-1-3-8-13)17-15-10-5-4-9-14(15)16-11-6-12-20-18(16)17/h1-12,20H. The Balaban J connectivity index is 2.05. The Labute approximate surface area is 122 Å². The van der Waals surface area contributed by atoms with Crippen molar-refractivity contribution in [2.75, 3.05) is 0 Å². The lowest BCUT2D eigenvalue weighted by molar-refractivity contribution is 0.104. The lowest BCUT2D eigenvalue weighted by Crippen LogP contribution is -2.02. The average molecular weight is 271 g/mol. The first-order valence-electron chi connectivity index (χ1n) is 6.94. The maximum Gasteiger partial charge on any atom is 0.195 e. The number of benzene rings is 2. The predicted molar refractivity (Wildman–Crippen MR) is 84.8 cm³/mol. The summed E-state index contributed by atoms with van der Waals surface area (Å²) in [6.45, 7) is 0. The van der Waals surface area contributed by atoms with Gasteiger partial charge in [-0.25, -0.2) is 0 Å². The SMILES string of the molecule is O=C(c1ccccc1)c1c2[nH]cccc-2c2ccccc12. The third-order valence-corrected chi connectivity index (χ3v) is 3.86. The molecule has 100 valence electrons. The quantitative estimate of drug-likeness (QED) is 0.535. The molecule has 0 saturated carbocycles. The summed E-state index contributed by atoms with van der Waals surface area (Å²) in [7, 11) is 0. The van der Waals surface area contributed by atoms with E-state index in [4.69, 9.17) is 0 Å². The fraction of sp³-hybridized carbons (Fsp3) is 0. The molecule has 1 N–H and O–H groups in total. The van der Waals surface area contributed by atoms with Crippen molar-refractivity contribution in [1.82, 2.24) is 4.98 Å². The number of aromatic nitrogens is 1. The predicted octanol–water partition coefficient (Wildman–Crippen LogP) is 4.50. The third-order valence-electron chi connectivity index (χ3n) is 3.86. The molecule has 0 spiro atoms. The summed E-state index contributed by atoms with van der Waals surface area (Å²) < 4.78 is 0. The number of hydrogen-bond acceptors (Lipinski definition) is 1. The zero-order valence-electron chi connectivity index (χ0n) is 11.3. The number of aromatic amines is 1. The minimum Gasteiger partial charge on any atom is -0.361 e. The zero-order valence-corrected chi connectivity index (χ0v) is 11.3. The van der Waals surface area contributed by atoms with Gasteiger partial charge in [0.25, 0.3) is 0 Å². The number of carbonyl (C=O) groups excluding carboxylic acids is 1. The summed E-state index contributed by atoms with van der Waals surface area (Å²) in [6, 6.07) is 21.5. The van der Waals surface area contributed by atoms with Crippen LogP contribution in [0.25, 0.3) is 22.0 Å². The zero-order chi connectivity index (χ0) is 14.2. The highest BCUT2D eigenvalue weighted by Crippen LogP contribution is 2.38. The first-order chi connectivity index (χ1) is 10.4. The molecule has 1 aliphatic carbocycles. The van der Waals surface area contributed by atoms with Crippen molar-refractivity contribution in [1.29, 1.82) is 0 Å². The van der Waals surface area contributed by atoms with Crippen molar-refractivity contribution in [3.8, 4) is 11.3 Å². The fourth-order valence-corrected chi connectivity index (χ4v) is 2.91. The van der Waals surface area contributed by atoms with Gasteiger partial charge in [-0.1, -0.05) is 60.7 Å². The van der Waals surface area contributed by atoms with E-state index in [0.717, 1.165) is 27.6 Å². The molecule has 2 aromatic carbocycles. The molecule has 0 aromatic heterocycles. The van der Waals surface area contributed by atoms with Gasteiger partial charge in [0.15, 0.2) is 5.78 Å². The average Bonchev–Trinajstić information content (AvgIpc) is 2.90. The van der Waals surface area contributed by atoms with Gasteiger partial charge in [0.1, 0.15) is 0 Å². The minimum absolute atomic E-state index is 0.0595. The molecule has 21 heavy (non-hydrogen) atoms. The molecule has 0 atom stereocenters. The number of H-pyrrole nitrogens is 1. The maximum atomic E-state index is 12.9. The summed E-state index contributed by atoms with van der Waals surface area (Å²) in [5.74, 6) is 0.0595. The molecule has 2 nitrogen and oxygen atoms in total. The highest BCUT2D eigenvalue weighted by molar-refractivity contribution is 6.24. The Morgan fingerprint density at radius 2 is 1.48 bits per heavy atom. The van der Waals surface area contributed by atoms with E-state index in [1.165, 1.54) is 0 Å². The highest BCUT2D eigenvalue weighted by Gasteiger charge is 2.23. The number of hydrogen-bond donors (Lipinski definition) is 1. The Hall–Kier alpha value is -2.87. The van der Waals surface area contributed by atoms with Gasteiger partial charge in [0.05, 0.1) is 11.3 Å². The molecule has 1 heterocycles. The van der Waals surface area contributed by atoms with Crippen LogP contribution < -0.4 is 0 Å². The second-order valence-electron chi connectivity index (χ2n) is 5.07. The number of pyridine rings is 1. The third kappa shape index (κ3) is 1.77. The van der Waals surface area contributed by atoms with Gasteiger partial charge in [0, 0.05) is 17.3 Å². The van der Waals surface area contributed by atoms with Crippen molar-refractivity contribution in [2.45, 2.75) is 0 Å². The molecule has 0 unspecified atom stereocenters. The molecule has 2 aliphatic rings. The van der Waals surface area contributed by atoms with E-state index < -0.39 is 0 Å². The van der Waals surface area contributed by atoms with Crippen LogP contribution in [0.5, 0.6) is 0 Å². The minimum atomic E-state index is 0.0595. The van der Waals surface area contributed by atoms with Crippen molar-refractivity contribution in [3.63, 3.8) is 0 Å². The Kier molecular flexibility index (Phi) is 2.61. The highest BCUT2D eigenvalue weighted by atomic mass is 16.1. The van der Waals surface area contributed by atoms with Gasteiger partial charge in [-0.15, -0.1) is 0 Å². The van der Waals surface area contributed by atoms with Crippen LogP contribution in [0.2, 0.25) is 0 Å². The Bertz CT molecular complexity index is 905. The van der Waals surface area contributed by atoms with E-state index in [2.05, 4.69) is 17.1 Å². The van der Waals surface area contributed by atoms with Gasteiger partial charge in [-0.2, -0.15) is 0 Å². The van der Waals surface area contributed by atoms with Gasteiger partial charge in [-0.3, -0.25) is 4.79 Å². The molecule has 0 saturated heterocycles. The summed E-state index contributed by atoms with van der Waals surface area (Å²) >= 11 is 0. The van der Waals surface area contributed by atoms with E-state index in [0.29, 0.717) is 5.56 Å². The Morgan fingerprint density at radius 1 is 0.762 bits per heavy atom. The summed E-state index contributed by atoms with van der Waals surface area (Å²) in [5, 5.41) is 2.12. The number of carbonyl (C=O) groups is 1. The topological polar surface area (TPSA) is 32.9 Å². The van der Waals surface area contributed by atoms with Gasteiger partial charge < -0.3 is 4.98 Å². The second kappa shape index (κ2) is 4.60. The first kappa shape index (κ1) is 11.9. The monoisotopic (exact) mass is 271 g/mol. The lowest BCUT2D eigenvalue weighted by atomic mass is 10.0. The van der Waals surface area contributed by atoms with Crippen molar-refractivity contribution >= 4 is 16.6 Å². The van der Waals surface area contributed by atoms with Crippen LogP contribution in [0.3, 0.4) is 0 Å². The fourth-order valence-electron chi connectivity index (χ4n) is 2.91. The largest absolute Gasteiger partial charge is 0.361 e. The van der Waals surface area contributed by atoms with Crippen molar-refractivity contribution in [3.05, 3.63) is 84.1 Å². The van der Waals surface area contributed by atoms with Crippen LogP contribution in [0.4, 0.5) is 0 Å².